The van der Waals surface area contributed by atoms with E-state index >= 15 is 0 Å². The predicted molar refractivity (Wildman–Crippen MR) is 93.5 cm³/mol. The number of Topliss-reactive ketones (excluding diaryl/α,β-unsaturated/α-hetero) is 1. The topological polar surface area (TPSA) is 43.1 Å². The van der Waals surface area contributed by atoms with Crippen LogP contribution >= 0.6 is 0 Å². The molecule has 0 aliphatic rings. The van der Waals surface area contributed by atoms with Crippen LogP contribution in [0.4, 0.5) is 0 Å². The molecular formula is C19H29NO. The highest BCUT2D eigenvalue weighted by Gasteiger charge is 1.92. The average Bonchev–Trinajstić information content (AvgIpc) is 2.60. The summed E-state index contributed by atoms with van der Waals surface area (Å²) in [6.07, 6.45) is 0. The second kappa shape index (κ2) is 16.1. The van der Waals surface area contributed by atoms with Gasteiger partial charge in [-0.25, -0.2) is 0 Å². The summed E-state index contributed by atoms with van der Waals surface area (Å²) >= 11 is 0. The van der Waals surface area contributed by atoms with Crippen molar-refractivity contribution < 1.29 is 4.79 Å². The third kappa shape index (κ3) is 11.6. The molecule has 116 valence electrons. The van der Waals surface area contributed by atoms with Gasteiger partial charge in [0.25, 0.3) is 0 Å². The van der Waals surface area contributed by atoms with Crippen molar-refractivity contribution in [2.45, 2.75) is 41.2 Å². The summed E-state index contributed by atoms with van der Waals surface area (Å²) < 4.78 is 0. The van der Waals surface area contributed by atoms with E-state index < -0.39 is 0 Å². The molecule has 0 aliphatic heterocycles. The van der Waals surface area contributed by atoms with E-state index in [4.69, 9.17) is 5.73 Å². The zero-order valence-electron chi connectivity index (χ0n) is 14.0. The lowest BCUT2D eigenvalue weighted by molar-refractivity contribution is 0.101. The molecule has 2 N–H and O–H groups in total. The lowest BCUT2D eigenvalue weighted by Gasteiger charge is -1.90. The van der Waals surface area contributed by atoms with Crippen molar-refractivity contribution in [2.24, 2.45) is 5.73 Å². The van der Waals surface area contributed by atoms with Crippen molar-refractivity contribution in [3.05, 3.63) is 71.8 Å². The summed E-state index contributed by atoms with van der Waals surface area (Å²) in [5.41, 5.74) is 7.31. The van der Waals surface area contributed by atoms with Crippen LogP contribution in [0.2, 0.25) is 0 Å². The molecule has 0 saturated carbocycles. The number of hydrogen-bond donors (Lipinski definition) is 1. The molecule has 2 nitrogen and oxygen atoms in total. The largest absolute Gasteiger partial charge is 0.326 e. The van der Waals surface area contributed by atoms with Crippen LogP contribution in [-0.4, -0.2) is 5.78 Å². The summed E-state index contributed by atoms with van der Waals surface area (Å²) in [7, 11) is 0. The van der Waals surface area contributed by atoms with Gasteiger partial charge in [-0.15, -0.1) is 0 Å². The molecule has 0 heterocycles. The molecular weight excluding hydrogens is 258 g/mol. The Labute approximate surface area is 130 Å². The Morgan fingerprint density at radius 2 is 1.19 bits per heavy atom. The van der Waals surface area contributed by atoms with Gasteiger partial charge in [-0.1, -0.05) is 88.4 Å². The second-order valence-electron chi connectivity index (χ2n) is 3.61. The Morgan fingerprint density at radius 3 is 1.43 bits per heavy atom. The van der Waals surface area contributed by atoms with Crippen LogP contribution in [0.25, 0.3) is 0 Å². The first-order valence-electron chi connectivity index (χ1n) is 7.54. The number of carbonyl (C=O) groups is 1. The van der Waals surface area contributed by atoms with Crippen LogP contribution in [0, 0.1) is 0 Å². The standard InChI is InChI=1S/C8H8O.C7H9N.2C2H6/c1-7(9)8-5-3-2-4-6-8;8-6-7-4-2-1-3-5-7;2*1-2/h2-6H,1H3;1-5H,6,8H2;2*1-2H3. The van der Waals surface area contributed by atoms with Crippen molar-refractivity contribution >= 4 is 5.78 Å². The Kier molecular flexibility index (Phi) is 16.4. The molecule has 0 amide bonds. The Bertz CT molecular complexity index is 438. The summed E-state index contributed by atoms with van der Waals surface area (Å²) in [6.45, 7) is 10.2. The molecule has 2 aromatic rings. The zero-order valence-corrected chi connectivity index (χ0v) is 14.0. The summed E-state index contributed by atoms with van der Waals surface area (Å²) in [6, 6.07) is 19.2. The highest BCUT2D eigenvalue weighted by Crippen LogP contribution is 1.97. The van der Waals surface area contributed by atoms with E-state index in [9.17, 15) is 4.79 Å². The summed E-state index contributed by atoms with van der Waals surface area (Å²) in [5.74, 6) is 0.121. The monoisotopic (exact) mass is 287 g/mol. The van der Waals surface area contributed by atoms with Gasteiger partial charge in [0.2, 0.25) is 0 Å². The molecule has 0 aromatic heterocycles. The maximum Gasteiger partial charge on any atom is 0.159 e. The Balaban J connectivity index is 0. The SMILES string of the molecule is CC.CC.CC(=O)c1ccccc1.NCc1ccccc1. The van der Waals surface area contributed by atoms with Crippen molar-refractivity contribution in [2.75, 3.05) is 0 Å². The average molecular weight is 287 g/mol. The fourth-order valence-electron chi connectivity index (χ4n) is 1.29. The molecule has 2 rings (SSSR count). The number of ketones is 1. The summed E-state index contributed by atoms with van der Waals surface area (Å²) in [4.78, 5) is 10.6. The fourth-order valence-corrected chi connectivity index (χ4v) is 1.29. The van der Waals surface area contributed by atoms with Crippen LogP contribution in [0.3, 0.4) is 0 Å². The lowest BCUT2D eigenvalue weighted by atomic mass is 10.2. The smallest absolute Gasteiger partial charge is 0.159 e. The van der Waals surface area contributed by atoms with E-state index in [1.54, 1.807) is 6.92 Å². The zero-order chi connectivity index (χ0) is 16.5. The summed E-state index contributed by atoms with van der Waals surface area (Å²) in [5, 5.41) is 0. The van der Waals surface area contributed by atoms with Crippen molar-refractivity contribution in [1.29, 1.82) is 0 Å². The maximum absolute atomic E-state index is 10.6. The van der Waals surface area contributed by atoms with E-state index in [-0.39, 0.29) is 5.78 Å². The first kappa shape index (κ1) is 21.4. The molecule has 0 saturated heterocycles. The van der Waals surface area contributed by atoms with Gasteiger partial charge in [-0.2, -0.15) is 0 Å². The quantitative estimate of drug-likeness (QED) is 0.782. The minimum absolute atomic E-state index is 0.121. The van der Waals surface area contributed by atoms with Gasteiger partial charge in [0.15, 0.2) is 5.78 Å². The molecule has 0 atom stereocenters. The Hall–Kier alpha value is -1.93. The van der Waals surface area contributed by atoms with Gasteiger partial charge in [0, 0.05) is 12.1 Å². The number of nitrogens with two attached hydrogens (primary N) is 1. The second-order valence-corrected chi connectivity index (χ2v) is 3.61. The highest BCUT2D eigenvalue weighted by molar-refractivity contribution is 5.93. The first-order chi connectivity index (χ1) is 10.2. The third-order valence-corrected chi connectivity index (χ3v) is 2.26. The van der Waals surface area contributed by atoms with Crippen LogP contribution in [-0.2, 0) is 6.54 Å². The van der Waals surface area contributed by atoms with Gasteiger partial charge in [0.05, 0.1) is 0 Å². The van der Waals surface area contributed by atoms with Gasteiger partial charge in [0.1, 0.15) is 0 Å². The van der Waals surface area contributed by atoms with E-state index in [0.717, 1.165) is 5.56 Å². The molecule has 2 aromatic carbocycles. The van der Waals surface area contributed by atoms with Crippen LogP contribution < -0.4 is 5.73 Å². The van der Waals surface area contributed by atoms with E-state index in [2.05, 4.69) is 0 Å². The highest BCUT2D eigenvalue weighted by atomic mass is 16.1. The molecule has 0 bridgehead atoms. The van der Waals surface area contributed by atoms with E-state index in [0.29, 0.717) is 6.54 Å². The number of rotatable bonds is 2. The predicted octanol–water partition coefficient (Wildman–Crippen LogP) is 5.09. The van der Waals surface area contributed by atoms with E-state index in [1.165, 1.54) is 5.56 Å². The molecule has 0 unspecified atom stereocenters. The third-order valence-electron chi connectivity index (χ3n) is 2.26. The lowest BCUT2D eigenvalue weighted by Crippen LogP contribution is -1.94. The Morgan fingerprint density at radius 1 is 0.810 bits per heavy atom. The van der Waals surface area contributed by atoms with Crippen LogP contribution in [0.1, 0.15) is 50.5 Å². The molecule has 2 heteroatoms. The molecule has 0 aliphatic carbocycles. The minimum Gasteiger partial charge on any atom is -0.326 e. The van der Waals surface area contributed by atoms with E-state index in [1.807, 2.05) is 88.4 Å². The molecule has 0 radical (unpaired) electrons. The first-order valence-corrected chi connectivity index (χ1v) is 7.54. The number of carbonyl (C=O) groups excluding carboxylic acids is 1. The molecule has 0 spiro atoms. The van der Waals surface area contributed by atoms with Gasteiger partial charge in [-0.3, -0.25) is 4.79 Å². The molecule has 0 fully saturated rings. The van der Waals surface area contributed by atoms with Gasteiger partial charge >= 0.3 is 0 Å². The molecule has 21 heavy (non-hydrogen) atoms. The van der Waals surface area contributed by atoms with Crippen molar-refractivity contribution in [1.82, 2.24) is 0 Å². The van der Waals surface area contributed by atoms with Crippen molar-refractivity contribution in [3.8, 4) is 0 Å². The normalized spacial score (nSPS) is 7.90. The fraction of sp³-hybridized carbons (Fsp3) is 0.316. The number of benzene rings is 2. The van der Waals surface area contributed by atoms with Crippen LogP contribution in [0.5, 0.6) is 0 Å². The minimum atomic E-state index is 0.121. The van der Waals surface area contributed by atoms with Crippen molar-refractivity contribution in [3.63, 3.8) is 0 Å². The van der Waals surface area contributed by atoms with Crippen LogP contribution in [0.15, 0.2) is 60.7 Å². The number of hydrogen-bond acceptors (Lipinski definition) is 2. The van der Waals surface area contributed by atoms with Gasteiger partial charge in [-0.05, 0) is 12.5 Å². The van der Waals surface area contributed by atoms with Gasteiger partial charge < -0.3 is 5.73 Å². The maximum atomic E-state index is 10.6.